The second kappa shape index (κ2) is 5.15. The van der Waals surface area contributed by atoms with E-state index in [1.165, 1.54) is 32.2 Å². The van der Waals surface area contributed by atoms with Crippen LogP contribution in [0.1, 0.15) is 25.7 Å². The molecule has 0 aromatic carbocycles. The zero-order valence-corrected chi connectivity index (χ0v) is 10.1. The number of nitrogens with zero attached hydrogens (tertiary/aromatic N) is 2. The van der Waals surface area contributed by atoms with E-state index in [4.69, 9.17) is 5.11 Å². The molecule has 1 aliphatic heterocycles. The second-order valence-corrected chi connectivity index (χ2v) is 5.32. The smallest absolute Gasteiger partial charge is 0.317 e. The molecule has 0 spiro atoms. The molecule has 1 saturated heterocycles. The third-order valence-electron chi connectivity index (χ3n) is 3.62. The number of piperidine rings is 1. The Hall–Kier alpha value is -0.610. The van der Waals surface area contributed by atoms with Crippen molar-refractivity contribution in [1.29, 1.82) is 0 Å². The highest BCUT2D eigenvalue weighted by atomic mass is 16.4. The van der Waals surface area contributed by atoms with Gasteiger partial charge in [-0.05, 0) is 45.2 Å². The molecule has 0 unspecified atom stereocenters. The van der Waals surface area contributed by atoms with Gasteiger partial charge in [0.15, 0.2) is 0 Å². The van der Waals surface area contributed by atoms with Crippen molar-refractivity contribution in [3.8, 4) is 0 Å². The van der Waals surface area contributed by atoms with E-state index in [1.807, 2.05) is 0 Å². The molecule has 16 heavy (non-hydrogen) atoms. The highest BCUT2D eigenvalue weighted by Gasteiger charge is 2.32. The van der Waals surface area contributed by atoms with Gasteiger partial charge in [0.25, 0.3) is 0 Å². The molecule has 2 rings (SSSR count). The summed E-state index contributed by atoms with van der Waals surface area (Å²) in [5.74, 6) is -0.0187. The van der Waals surface area contributed by atoms with E-state index in [9.17, 15) is 4.79 Å². The van der Waals surface area contributed by atoms with Crippen molar-refractivity contribution < 1.29 is 9.90 Å². The van der Waals surface area contributed by atoms with Crippen LogP contribution in [0.2, 0.25) is 0 Å². The fourth-order valence-electron chi connectivity index (χ4n) is 2.71. The SMILES string of the molecule is CN1CCC[C@H](CN(CC(=O)O)C2CC2)C1. The van der Waals surface area contributed by atoms with Gasteiger partial charge in [0.1, 0.15) is 0 Å². The van der Waals surface area contributed by atoms with Gasteiger partial charge >= 0.3 is 5.97 Å². The van der Waals surface area contributed by atoms with Crippen molar-refractivity contribution in [2.24, 2.45) is 5.92 Å². The Labute approximate surface area is 97.2 Å². The average molecular weight is 226 g/mol. The predicted octanol–water partition coefficient (Wildman–Crippen LogP) is 0.877. The van der Waals surface area contributed by atoms with Gasteiger partial charge in [0.2, 0.25) is 0 Å². The predicted molar refractivity (Wildman–Crippen MR) is 62.5 cm³/mol. The van der Waals surface area contributed by atoms with Gasteiger partial charge in [-0.25, -0.2) is 0 Å². The molecular weight excluding hydrogens is 204 g/mol. The van der Waals surface area contributed by atoms with Crippen LogP contribution in [-0.4, -0.2) is 60.1 Å². The average Bonchev–Trinajstić information content (AvgIpc) is 2.99. The minimum atomic E-state index is -0.684. The maximum atomic E-state index is 10.8. The summed E-state index contributed by atoms with van der Waals surface area (Å²) in [6.45, 7) is 3.52. The van der Waals surface area contributed by atoms with Crippen molar-refractivity contribution in [3.05, 3.63) is 0 Å². The van der Waals surface area contributed by atoms with Crippen molar-refractivity contribution in [3.63, 3.8) is 0 Å². The lowest BCUT2D eigenvalue weighted by atomic mass is 9.98. The van der Waals surface area contributed by atoms with Crippen LogP contribution in [0.5, 0.6) is 0 Å². The Morgan fingerprint density at radius 3 is 2.75 bits per heavy atom. The summed E-state index contributed by atoms with van der Waals surface area (Å²) >= 11 is 0. The number of carboxylic acid groups (broad SMARTS) is 1. The molecule has 2 fully saturated rings. The van der Waals surface area contributed by atoms with Crippen molar-refractivity contribution in [1.82, 2.24) is 9.80 Å². The summed E-state index contributed by atoms with van der Waals surface area (Å²) in [6.07, 6.45) is 4.89. The number of carboxylic acids is 1. The number of carbonyl (C=O) groups is 1. The fourth-order valence-corrected chi connectivity index (χ4v) is 2.71. The van der Waals surface area contributed by atoms with Crippen molar-refractivity contribution in [2.75, 3.05) is 33.2 Å². The number of likely N-dealkylation sites (tertiary alicyclic amines) is 1. The third-order valence-corrected chi connectivity index (χ3v) is 3.62. The summed E-state index contributed by atoms with van der Waals surface area (Å²) < 4.78 is 0. The third kappa shape index (κ3) is 3.46. The number of hydrogen-bond acceptors (Lipinski definition) is 3. The second-order valence-electron chi connectivity index (χ2n) is 5.32. The molecule has 92 valence electrons. The zero-order valence-electron chi connectivity index (χ0n) is 10.1. The molecule has 1 aliphatic carbocycles. The van der Waals surface area contributed by atoms with Crippen LogP contribution >= 0.6 is 0 Å². The van der Waals surface area contributed by atoms with Crippen LogP contribution in [0.3, 0.4) is 0 Å². The molecule has 1 heterocycles. The lowest BCUT2D eigenvalue weighted by Crippen LogP contribution is -2.41. The first-order valence-electron chi connectivity index (χ1n) is 6.29. The normalized spacial score (nSPS) is 27.2. The molecule has 1 saturated carbocycles. The summed E-state index contributed by atoms with van der Waals surface area (Å²) in [6, 6.07) is 0.559. The first-order valence-corrected chi connectivity index (χ1v) is 6.29. The topological polar surface area (TPSA) is 43.8 Å². The summed E-state index contributed by atoms with van der Waals surface area (Å²) in [5, 5.41) is 8.89. The van der Waals surface area contributed by atoms with Crippen LogP contribution in [0.15, 0.2) is 0 Å². The highest BCUT2D eigenvalue weighted by molar-refractivity contribution is 5.69. The summed E-state index contributed by atoms with van der Waals surface area (Å²) in [7, 11) is 2.16. The molecular formula is C12H22N2O2. The van der Waals surface area contributed by atoms with Gasteiger partial charge in [-0.15, -0.1) is 0 Å². The van der Waals surface area contributed by atoms with E-state index < -0.39 is 5.97 Å². The van der Waals surface area contributed by atoms with Crippen LogP contribution in [0, 0.1) is 5.92 Å². The Balaban J connectivity index is 1.82. The van der Waals surface area contributed by atoms with E-state index in [0.29, 0.717) is 12.0 Å². The minimum Gasteiger partial charge on any atom is -0.480 e. The first kappa shape index (κ1) is 11.9. The fraction of sp³-hybridized carbons (Fsp3) is 0.917. The monoisotopic (exact) mass is 226 g/mol. The van der Waals surface area contributed by atoms with E-state index in [0.717, 1.165) is 13.1 Å². The molecule has 0 amide bonds. The largest absolute Gasteiger partial charge is 0.480 e. The lowest BCUT2D eigenvalue weighted by molar-refractivity contribution is -0.138. The molecule has 0 bridgehead atoms. The quantitative estimate of drug-likeness (QED) is 0.755. The van der Waals surface area contributed by atoms with Gasteiger partial charge in [-0.2, -0.15) is 0 Å². The molecule has 4 nitrogen and oxygen atoms in total. The highest BCUT2D eigenvalue weighted by Crippen LogP contribution is 2.28. The molecule has 1 N–H and O–H groups in total. The minimum absolute atomic E-state index is 0.227. The Bertz CT molecular complexity index is 253. The van der Waals surface area contributed by atoms with E-state index in [1.54, 1.807) is 0 Å². The Morgan fingerprint density at radius 1 is 1.44 bits per heavy atom. The standard InChI is InChI=1S/C12H22N2O2/c1-13-6-2-3-10(7-13)8-14(9-12(15)16)11-4-5-11/h10-11H,2-9H2,1H3,(H,15,16)/t10-/m0/s1. The van der Waals surface area contributed by atoms with Crippen LogP contribution < -0.4 is 0 Å². The maximum absolute atomic E-state index is 10.8. The van der Waals surface area contributed by atoms with Gasteiger partial charge in [-0.1, -0.05) is 0 Å². The lowest BCUT2D eigenvalue weighted by Gasteiger charge is -2.33. The summed E-state index contributed by atoms with van der Waals surface area (Å²) in [4.78, 5) is 15.3. The molecule has 0 aromatic heterocycles. The zero-order chi connectivity index (χ0) is 11.5. The molecule has 0 radical (unpaired) electrons. The first-order chi connectivity index (χ1) is 7.65. The van der Waals surface area contributed by atoms with E-state index in [-0.39, 0.29) is 6.54 Å². The van der Waals surface area contributed by atoms with Gasteiger partial charge in [-0.3, -0.25) is 9.69 Å². The van der Waals surface area contributed by atoms with Gasteiger partial charge < -0.3 is 10.0 Å². The number of hydrogen-bond donors (Lipinski definition) is 1. The number of rotatable bonds is 5. The van der Waals surface area contributed by atoms with Crippen LogP contribution in [-0.2, 0) is 4.79 Å². The maximum Gasteiger partial charge on any atom is 0.317 e. The van der Waals surface area contributed by atoms with E-state index in [2.05, 4.69) is 16.8 Å². The van der Waals surface area contributed by atoms with E-state index >= 15 is 0 Å². The Morgan fingerprint density at radius 2 is 2.19 bits per heavy atom. The molecule has 1 atom stereocenters. The number of aliphatic carboxylic acids is 1. The van der Waals surface area contributed by atoms with Crippen molar-refractivity contribution in [2.45, 2.75) is 31.7 Å². The molecule has 4 heteroatoms. The van der Waals surface area contributed by atoms with Crippen LogP contribution in [0.4, 0.5) is 0 Å². The van der Waals surface area contributed by atoms with Gasteiger partial charge in [0, 0.05) is 19.1 Å². The van der Waals surface area contributed by atoms with Crippen LogP contribution in [0.25, 0.3) is 0 Å². The Kier molecular flexibility index (Phi) is 3.82. The molecule has 0 aromatic rings. The van der Waals surface area contributed by atoms with Gasteiger partial charge in [0.05, 0.1) is 6.54 Å². The molecule has 2 aliphatic rings. The summed E-state index contributed by atoms with van der Waals surface area (Å²) in [5.41, 5.74) is 0. The van der Waals surface area contributed by atoms with Crippen molar-refractivity contribution >= 4 is 5.97 Å².